The van der Waals surface area contributed by atoms with Crippen molar-refractivity contribution in [1.82, 2.24) is 0 Å². The van der Waals surface area contributed by atoms with E-state index in [4.69, 9.17) is 10.5 Å². The van der Waals surface area contributed by atoms with Crippen LogP contribution < -0.4 is 10.5 Å². The van der Waals surface area contributed by atoms with E-state index >= 15 is 0 Å². The molecule has 13 heavy (non-hydrogen) atoms. The highest BCUT2D eigenvalue weighted by molar-refractivity contribution is 5.68. The molecule has 0 saturated carbocycles. The summed E-state index contributed by atoms with van der Waals surface area (Å²) in [6.07, 6.45) is 0.143. The van der Waals surface area contributed by atoms with Crippen molar-refractivity contribution in [3.8, 4) is 5.75 Å². The molecule has 0 bridgehead atoms. The number of hydrogen-bond acceptors (Lipinski definition) is 2. The Labute approximate surface area is 77.5 Å². The summed E-state index contributed by atoms with van der Waals surface area (Å²) in [7, 11) is 0. The zero-order valence-corrected chi connectivity index (χ0v) is 7.83. The Kier molecular flexibility index (Phi) is 2.90. The summed E-state index contributed by atoms with van der Waals surface area (Å²) in [6.45, 7) is 4.00. The molecular weight excluding hydrogens is 166 g/mol. The molecule has 0 aromatic heterocycles. The van der Waals surface area contributed by atoms with Gasteiger partial charge in [0.1, 0.15) is 5.75 Å². The van der Waals surface area contributed by atoms with Gasteiger partial charge in [-0.3, -0.25) is 0 Å². The average Bonchev–Trinajstić information content (AvgIpc) is 2.01. The fourth-order valence-electron chi connectivity index (χ4n) is 1.20. The van der Waals surface area contributed by atoms with Gasteiger partial charge in [0, 0.05) is 0 Å². The van der Waals surface area contributed by atoms with Crippen molar-refractivity contribution < 1.29 is 9.53 Å². The number of rotatable bonds is 2. The number of hydrogen-bond donors (Lipinski definition) is 1. The lowest BCUT2D eigenvalue weighted by Crippen LogP contribution is -2.16. The lowest BCUT2D eigenvalue weighted by molar-refractivity contribution is 0.211. The molecule has 0 aliphatic heterocycles. The van der Waals surface area contributed by atoms with Gasteiger partial charge in [0.25, 0.3) is 0 Å². The minimum absolute atomic E-state index is 0.518. The maximum Gasteiger partial charge on any atom is 0.409 e. The van der Waals surface area contributed by atoms with Gasteiger partial charge in [-0.1, -0.05) is 13.0 Å². The van der Waals surface area contributed by atoms with Gasteiger partial charge in [0.2, 0.25) is 0 Å². The zero-order chi connectivity index (χ0) is 9.84. The molecule has 1 rings (SSSR count). The molecule has 3 heteroatoms. The first kappa shape index (κ1) is 9.58. The van der Waals surface area contributed by atoms with Crippen molar-refractivity contribution >= 4 is 6.09 Å². The van der Waals surface area contributed by atoms with E-state index in [9.17, 15) is 4.79 Å². The van der Waals surface area contributed by atoms with Gasteiger partial charge in [-0.05, 0) is 36.6 Å². The van der Waals surface area contributed by atoms with E-state index in [0.29, 0.717) is 5.75 Å². The number of nitrogens with two attached hydrogens (primary N) is 1. The van der Waals surface area contributed by atoms with E-state index in [1.807, 2.05) is 26.0 Å². The molecule has 0 atom stereocenters. The summed E-state index contributed by atoms with van der Waals surface area (Å²) in [5.74, 6) is 0.518. The van der Waals surface area contributed by atoms with Gasteiger partial charge in [0.05, 0.1) is 0 Å². The molecule has 0 spiro atoms. The number of aryl methyl sites for hydroxylation is 2. The normalized spacial score (nSPS) is 9.69. The molecule has 0 aliphatic carbocycles. The van der Waals surface area contributed by atoms with Crippen LogP contribution >= 0.6 is 0 Å². The lowest BCUT2D eigenvalue weighted by atomic mass is 10.1. The summed E-state index contributed by atoms with van der Waals surface area (Å²) in [4.78, 5) is 10.5. The molecule has 0 radical (unpaired) electrons. The highest BCUT2D eigenvalue weighted by Gasteiger charge is 2.00. The van der Waals surface area contributed by atoms with Crippen LogP contribution in [-0.4, -0.2) is 6.09 Å². The third kappa shape index (κ3) is 2.78. The number of primary amides is 1. The van der Waals surface area contributed by atoms with Crippen LogP contribution in [0.5, 0.6) is 5.75 Å². The van der Waals surface area contributed by atoms with Gasteiger partial charge >= 0.3 is 6.09 Å². The van der Waals surface area contributed by atoms with Crippen LogP contribution in [0.1, 0.15) is 18.1 Å². The molecule has 0 fully saturated rings. The van der Waals surface area contributed by atoms with Crippen molar-refractivity contribution in [2.24, 2.45) is 5.73 Å². The molecule has 1 aromatic carbocycles. The van der Waals surface area contributed by atoms with Crippen LogP contribution in [-0.2, 0) is 6.42 Å². The van der Waals surface area contributed by atoms with Crippen LogP contribution in [0.4, 0.5) is 4.79 Å². The van der Waals surface area contributed by atoms with Crippen molar-refractivity contribution in [2.45, 2.75) is 20.3 Å². The number of ether oxygens (including phenoxy) is 1. The van der Waals surface area contributed by atoms with Crippen molar-refractivity contribution in [3.05, 3.63) is 29.3 Å². The number of amides is 1. The van der Waals surface area contributed by atoms with E-state index in [2.05, 4.69) is 0 Å². The summed E-state index contributed by atoms with van der Waals surface area (Å²) in [5, 5.41) is 0. The van der Waals surface area contributed by atoms with Crippen molar-refractivity contribution in [2.75, 3.05) is 0 Å². The second-order valence-corrected chi connectivity index (χ2v) is 2.93. The Morgan fingerprint density at radius 2 is 2.15 bits per heavy atom. The predicted molar refractivity (Wildman–Crippen MR) is 50.8 cm³/mol. The summed E-state index contributed by atoms with van der Waals surface area (Å²) in [6, 6.07) is 5.65. The fraction of sp³-hybridized carbons (Fsp3) is 0.300. The summed E-state index contributed by atoms with van der Waals surface area (Å²) in [5.41, 5.74) is 7.11. The Morgan fingerprint density at radius 1 is 1.46 bits per heavy atom. The quantitative estimate of drug-likeness (QED) is 0.755. The fourth-order valence-corrected chi connectivity index (χ4v) is 1.20. The first-order valence-corrected chi connectivity index (χ1v) is 4.19. The number of carbonyl (C=O) groups excluding carboxylic acids is 1. The molecule has 3 nitrogen and oxygen atoms in total. The second-order valence-electron chi connectivity index (χ2n) is 2.93. The smallest absolute Gasteiger partial charge is 0.409 e. The maximum atomic E-state index is 10.5. The summed E-state index contributed by atoms with van der Waals surface area (Å²) < 4.78 is 4.78. The Hall–Kier alpha value is -1.51. The molecule has 0 heterocycles. The minimum Gasteiger partial charge on any atom is -0.410 e. The van der Waals surface area contributed by atoms with Gasteiger partial charge in [-0.2, -0.15) is 0 Å². The first-order chi connectivity index (χ1) is 6.11. The van der Waals surface area contributed by atoms with Gasteiger partial charge in [0.15, 0.2) is 0 Å². The lowest BCUT2D eigenvalue weighted by Gasteiger charge is -2.04. The average molecular weight is 179 g/mol. The Balaban J connectivity index is 2.94. The van der Waals surface area contributed by atoms with Gasteiger partial charge in [-0.25, -0.2) is 4.79 Å². The van der Waals surface area contributed by atoms with Crippen LogP contribution in [0.2, 0.25) is 0 Å². The molecular formula is C10H13NO2. The Bertz CT molecular complexity index is 321. The third-order valence-electron chi connectivity index (χ3n) is 1.74. The highest BCUT2D eigenvalue weighted by atomic mass is 16.5. The minimum atomic E-state index is -0.771. The van der Waals surface area contributed by atoms with E-state index in [1.165, 1.54) is 0 Å². The largest absolute Gasteiger partial charge is 0.410 e. The highest BCUT2D eigenvalue weighted by Crippen LogP contribution is 2.17. The van der Waals surface area contributed by atoms with Crippen LogP contribution in [0.25, 0.3) is 0 Å². The van der Waals surface area contributed by atoms with Gasteiger partial charge in [-0.15, -0.1) is 0 Å². The van der Waals surface area contributed by atoms with E-state index < -0.39 is 6.09 Å². The molecule has 70 valence electrons. The van der Waals surface area contributed by atoms with Crippen LogP contribution in [0.15, 0.2) is 18.2 Å². The molecule has 1 aromatic rings. The molecule has 2 N–H and O–H groups in total. The molecule has 0 unspecified atom stereocenters. The maximum absolute atomic E-state index is 10.5. The van der Waals surface area contributed by atoms with E-state index in [0.717, 1.165) is 17.5 Å². The van der Waals surface area contributed by atoms with E-state index in [1.54, 1.807) is 6.07 Å². The predicted octanol–water partition coefficient (Wildman–Crippen LogP) is 2.01. The SMILES string of the molecule is CCc1cc(C)cc(OC(N)=O)c1. The third-order valence-corrected chi connectivity index (χ3v) is 1.74. The van der Waals surface area contributed by atoms with E-state index in [-0.39, 0.29) is 0 Å². The second kappa shape index (κ2) is 3.94. The van der Waals surface area contributed by atoms with Crippen molar-refractivity contribution in [1.29, 1.82) is 0 Å². The van der Waals surface area contributed by atoms with Crippen molar-refractivity contribution in [3.63, 3.8) is 0 Å². The number of benzene rings is 1. The monoisotopic (exact) mass is 179 g/mol. The molecule has 1 amide bonds. The topological polar surface area (TPSA) is 52.3 Å². The first-order valence-electron chi connectivity index (χ1n) is 4.19. The zero-order valence-electron chi connectivity index (χ0n) is 7.83. The van der Waals surface area contributed by atoms with Crippen LogP contribution in [0, 0.1) is 6.92 Å². The Morgan fingerprint density at radius 3 is 2.69 bits per heavy atom. The van der Waals surface area contributed by atoms with Crippen LogP contribution in [0.3, 0.4) is 0 Å². The van der Waals surface area contributed by atoms with Gasteiger partial charge < -0.3 is 10.5 Å². The molecule has 0 aliphatic rings. The molecule has 0 saturated heterocycles. The standard InChI is InChI=1S/C10H13NO2/c1-3-8-4-7(2)5-9(6-8)13-10(11)12/h4-6H,3H2,1-2H3,(H2,11,12). The number of carbonyl (C=O) groups is 1. The summed E-state index contributed by atoms with van der Waals surface area (Å²) >= 11 is 0.